The Morgan fingerprint density at radius 1 is 1.18 bits per heavy atom. The van der Waals surface area contributed by atoms with Gasteiger partial charge in [-0.25, -0.2) is 9.78 Å². The summed E-state index contributed by atoms with van der Waals surface area (Å²) >= 11 is 3.40. The van der Waals surface area contributed by atoms with E-state index in [0.29, 0.717) is 13.1 Å². The van der Waals surface area contributed by atoms with Crippen LogP contribution >= 0.6 is 15.9 Å². The molecule has 0 saturated heterocycles. The Balaban J connectivity index is 1.68. The number of benzene rings is 1. The number of nitrogens with zero attached hydrogens (tertiary/aromatic N) is 1. The maximum Gasteiger partial charge on any atom is 0.315 e. The molecule has 0 fully saturated rings. The number of urea groups is 1. The number of hydrogen-bond acceptors (Lipinski definition) is 3. The highest BCUT2D eigenvalue weighted by molar-refractivity contribution is 9.10. The Morgan fingerprint density at radius 3 is 2.64 bits per heavy atom. The van der Waals surface area contributed by atoms with E-state index in [1.165, 1.54) is 0 Å². The number of halogens is 1. The predicted octanol–water partition coefficient (Wildman–Crippen LogP) is 3.32. The molecule has 2 rings (SSSR count). The summed E-state index contributed by atoms with van der Waals surface area (Å²) in [5.41, 5.74) is 1.06. The van der Waals surface area contributed by atoms with Crippen molar-refractivity contribution >= 4 is 27.8 Å². The van der Waals surface area contributed by atoms with Crippen LogP contribution in [0.15, 0.2) is 53.1 Å². The minimum absolute atomic E-state index is 0.0446. The number of carbonyl (C=O) groups excluding carboxylic acids is 1. The van der Waals surface area contributed by atoms with Gasteiger partial charge in [0.25, 0.3) is 0 Å². The molecule has 0 aliphatic carbocycles. The summed E-state index contributed by atoms with van der Waals surface area (Å²) in [7, 11) is 0. The van der Waals surface area contributed by atoms with Gasteiger partial charge in [0.2, 0.25) is 0 Å². The van der Waals surface area contributed by atoms with Crippen LogP contribution in [0.25, 0.3) is 0 Å². The predicted molar refractivity (Wildman–Crippen MR) is 91.8 cm³/mol. The third-order valence-electron chi connectivity index (χ3n) is 3.10. The standard InChI is InChI=1S/C16H19BrN4O/c1-12(13-5-7-14(17)8-6-13)21-16(22)20-11-10-19-15-4-2-3-9-18-15/h2-9,12H,10-11H2,1H3,(H,18,19)(H2,20,21,22). The fourth-order valence-corrected chi connectivity index (χ4v) is 2.18. The van der Waals surface area contributed by atoms with E-state index in [0.717, 1.165) is 15.9 Å². The highest BCUT2D eigenvalue weighted by Crippen LogP contribution is 2.16. The molecule has 116 valence electrons. The molecule has 0 aliphatic heterocycles. The summed E-state index contributed by atoms with van der Waals surface area (Å²) < 4.78 is 1.02. The molecule has 2 amide bonds. The summed E-state index contributed by atoms with van der Waals surface area (Å²) in [5.74, 6) is 0.799. The van der Waals surface area contributed by atoms with Gasteiger partial charge in [0, 0.05) is 23.8 Å². The first-order chi connectivity index (χ1) is 10.6. The molecule has 0 bridgehead atoms. The smallest absolute Gasteiger partial charge is 0.315 e. The lowest BCUT2D eigenvalue weighted by Gasteiger charge is -2.15. The first-order valence-corrected chi connectivity index (χ1v) is 7.89. The van der Waals surface area contributed by atoms with Crippen molar-refractivity contribution in [2.75, 3.05) is 18.4 Å². The van der Waals surface area contributed by atoms with Crippen molar-refractivity contribution in [3.05, 3.63) is 58.7 Å². The van der Waals surface area contributed by atoms with Crippen LogP contribution in [0.4, 0.5) is 10.6 Å². The number of rotatable bonds is 6. The van der Waals surface area contributed by atoms with Gasteiger partial charge in [0.1, 0.15) is 5.82 Å². The van der Waals surface area contributed by atoms with Crippen molar-refractivity contribution in [2.24, 2.45) is 0 Å². The number of nitrogens with one attached hydrogen (secondary N) is 3. The summed E-state index contributed by atoms with van der Waals surface area (Å²) in [5, 5.41) is 8.85. The molecule has 3 N–H and O–H groups in total. The van der Waals surface area contributed by atoms with Crippen LogP contribution < -0.4 is 16.0 Å². The summed E-state index contributed by atoms with van der Waals surface area (Å²) in [6, 6.07) is 13.3. The Morgan fingerprint density at radius 2 is 1.95 bits per heavy atom. The number of pyridine rings is 1. The molecule has 0 radical (unpaired) electrons. The van der Waals surface area contributed by atoms with E-state index >= 15 is 0 Å². The second kappa shape index (κ2) is 8.38. The molecule has 1 unspecified atom stereocenters. The van der Waals surface area contributed by atoms with Crippen LogP contribution in [0, 0.1) is 0 Å². The van der Waals surface area contributed by atoms with Crippen molar-refractivity contribution < 1.29 is 4.79 Å². The zero-order chi connectivity index (χ0) is 15.8. The van der Waals surface area contributed by atoms with Crippen molar-refractivity contribution in [2.45, 2.75) is 13.0 Å². The van der Waals surface area contributed by atoms with Gasteiger partial charge in [-0.1, -0.05) is 34.1 Å². The SMILES string of the molecule is CC(NC(=O)NCCNc1ccccn1)c1ccc(Br)cc1. The van der Waals surface area contributed by atoms with Crippen LogP contribution in [0.2, 0.25) is 0 Å². The topological polar surface area (TPSA) is 66.1 Å². The number of anilines is 1. The van der Waals surface area contributed by atoms with E-state index in [2.05, 4.69) is 36.9 Å². The van der Waals surface area contributed by atoms with Crippen molar-refractivity contribution in [3.63, 3.8) is 0 Å². The minimum Gasteiger partial charge on any atom is -0.368 e. The Bertz CT molecular complexity index is 589. The fourth-order valence-electron chi connectivity index (χ4n) is 1.92. The molecule has 0 spiro atoms. The Labute approximate surface area is 138 Å². The van der Waals surface area contributed by atoms with Crippen molar-refractivity contribution in [1.82, 2.24) is 15.6 Å². The molecule has 0 aliphatic rings. The van der Waals surface area contributed by atoms with Crippen LogP contribution in [0.3, 0.4) is 0 Å². The van der Waals surface area contributed by atoms with E-state index in [-0.39, 0.29) is 12.1 Å². The Kier molecular flexibility index (Phi) is 6.21. The van der Waals surface area contributed by atoms with Crippen LogP contribution in [0.1, 0.15) is 18.5 Å². The van der Waals surface area contributed by atoms with Gasteiger partial charge >= 0.3 is 6.03 Å². The van der Waals surface area contributed by atoms with E-state index in [9.17, 15) is 4.79 Å². The average molecular weight is 363 g/mol. The second-order valence-electron chi connectivity index (χ2n) is 4.82. The second-order valence-corrected chi connectivity index (χ2v) is 5.73. The number of amides is 2. The van der Waals surface area contributed by atoms with Gasteiger partial charge in [-0.2, -0.15) is 0 Å². The highest BCUT2D eigenvalue weighted by Gasteiger charge is 2.08. The van der Waals surface area contributed by atoms with E-state index in [4.69, 9.17) is 0 Å². The van der Waals surface area contributed by atoms with Gasteiger partial charge in [-0.15, -0.1) is 0 Å². The molecule has 1 aromatic heterocycles. The average Bonchev–Trinajstić information content (AvgIpc) is 2.53. The highest BCUT2D eigenvalue weighted by atomic mass is 79.9. The van der Waals surface area contributed by atoms with Gasteiger partial charge < -0.3 is 16.0 Å². The molecular weight excluding hydrogens is 344 g/mol. The first-order valence-electron chi connectivity index (χ1n) is 7.10. The molecule has 2 aromatic rings. The third-order valence-corrected chi connectivity index (χ3v) is 3.63. The number of carbonyl (C=O) groups is 1. The van der Waals surface area contributed by atoms with Crippen LogP contribution in [-0.4, -0.2) is 24.1 Å². The maximum absolute atomic E-state index is 11.8. The largest absolute Gasteiger partial charge is 0.368 e. The van der Waals surface area contributed by atoms with Crippen LogP contribution in [-0.2, 0) is 0 Å². The van der Waals surface area contributed by atoms with Crippen molar-refractivity contribution in [1.29, 1.82) is 0 Å². The molecule has 1 aromatic carbocycles. The van der Waals surface area contributed by atoms with E-state index < -0.39 is 0 Å². The van der Waals surface area contributed by atoms with Crippen molar-refractivity contribution in [3.8, 4) is 0 Å². The third kappa shape index (κ3) is 5.37. The molecule has 6 heteroatoms. The molecule has 1 heterocycles. The summed E-state index contributed by atoms with van der Waals surface area (Å²) in [6.07, 6.45) is 1.72. The summed E-state index contributed by atoms with van der Waals surface area (Å²) in [4.78, 5) is 16.0. The van der Waals surface area contributed by atoms with E-state index in [1.807, 2.05) is 49.4 Å². The van der Waals surface area contributed by atoms with Gasteiger partial charge in [-0.3, -0.25) is 0 Å². The molecule has 1 atom stereocenters. The first kappa shape index (κ1) is 16.3. The Hall–Kier alpha value is -2.08. The number of hydrogen-bond donors (Lipinski definition) is 3. The fraction of sp³-hybridized carbons (Fsp3) is 0.250. The van der Waals surface area contributed by atoms with E-state index in [1.54, 1.807) is 6.20 Å². The lowest BCUT2D eigenvalue weighted by Crippen LogP contribution is -2.39. The molecule has 0 saturated carbocycles. The van der Waals surface area contributed by atoms with Gasteiger partial charge in [-0.05, 0) is 36.8 Å². The minimum atomic E-state index is -0.182. The zero-order valence-corrected chi connectivity index (χ0v) is 13.9. The normalized spacial score (nSPS) is 11.5. The number of aromatic nitrogens is 1. The maximum atomic E-state index is 11.8. The summed E-state index contributed by atoms with van der Waals surface area (Å²) in [6.45, 7) is 3.10. The van der Waals surface area contributed by atoms with Gasteiger partial charge in [0.05, 0.1) is 6.04 Å². The lowest BCUT2D eigenvalue weighted by molar-refractivity contribution is 0.238. The zero-order valence-electron chi connectivity index (χ0n) is 12.3. The monoisotopic (exact) mass is 362 g/mol. The molecule has 5 nitrogen and oxygen atoms in total. The lowest BCUT2D eigenvalue weighted by atomic mass is 10.1. The molecular formula is C16H19BrN4O. The van der Waals surface area contributed by atoms with Gasteiger partial charge in [0.15, 0.2) is 0 Å². The van der Waals surface area contributed by atoms with Crippen LogP contribution in [0.5, 0.6) is 0 Å². The quantitative estimate of drug-likeness (QED) is 0.690. The molecule has 22 heavy (non-hydrogen) atoms.